The average Bonchev–Trinajstić information content (AvgIpc) is 2.63. The van der Waals surface area contributed by atoms with Crippen molar-refractivity contribution in [3.8, 4) is 0 Å². The molecule has 28 heavy (non-hydrogen) atoms. The molecule has 0 unspecified atom stereocenters. The number of carbonyl (C=O) groups is 2. The molecular weight excluding hydrogens is 472 g/mol. The lowest BCUT2D eigenvalue weighted by Gasteiger charge is -2.30. The van der Waals surface area contributed by atoms with Crippen molar-refractivity contribution in [1.29, 1.82) is 0 Å². The number of hydrogen-bond acceptors (Lipinski definition) is 6. The van der Waals surface area contributed by atoms with Crippen molar-refractivity contribution < 1.29 is 14.5 Å². The van der Waals surface area contributed by atoms with Crippen molar-refractivity contribution in [2.75, 3.05) is 4.90 Å². The fraction of sp³-hybridized carbons (Fsp3) is 0.0588. The molecule has 0 aliphatic carbocycles. The van der Waals surface area contributed by atoms with Crippen LogP contribution in [0.3, 0.4) is 0 Å². The predicted octanol–water partition coefficient (Wildman–Crippen LogP) is 3.78. The van der Waals surface area contributed by atoms with Crippen molar-refractivity contribution >= 4 is 80.0 Å². The van der Waals surface area contributed by atoms with Gasteiger partial charge in [-0.25, -0.2) is 0 Å². The van der Waals surface area contributed by atoms with E-state index in [4.69, 9.17) is 23.8 Å². The molecule has 0 aromatic heterocycles. The molecule has 1 aliphatic heterocycles. The topological polar surface area (TPSA) is 105 Å². The number of carbonyl (C=O) groups excluding carboxylic acids is 2. The van der Waals surface area contributed by atoms with Gasteiger partial charge in [-0.05, 0) is 48.6 Å². The number of nitro benzene ring substituents is 1. The van der Waals surface area contributed by atoms with Gasteiger partial charge in [0.05, 0.1) is 16.3 Å². The second-order valence-corrected chi connectivity index (χ2v) is 7.30. The zero-order chi connectivity index (χ0) is 20.4. The Labute approximate surface area is 177 Å². The number of rotatable bonds is 4. The van der Waals surface area contributed by atoms with Crippen LogP contribution in [0, 0.1) is 16.0 Å². The SMILES string of the molecule is O=C1NC(=S)N(c2ccc(Br)cc2)C(=O)[C@H]1C=Nc1ccc(Cl)c([N+](=O)[O-])c1. The Hall–Kier alpha value is -2.69. The summed E-state index contributed by atoms with van der Waals surface area (Å²) in [5, 5.41) is 13.4. The molecule has 8 nitrogen and oxygen atoms in total. The maximum absolute atomic E-state index is 12.8. The first-order valence-corrected chi connectivity index (χ1v) is 9.28. The van der Waals surface area contributed by atoms with Gasteiger partial charge in [0.25, 0.3) is 11.6 Å². The molecule has 0 spiro atoms. The largest absolute Gasteiger partial charge is 0.301 e. The number of nitrogens with one attached hydrogen (secondary N) is 1. The Morgan fingerprint density at radius 2 is 1.93 bits per heavy atom. The highest BCUT2D eigenvalue weighted by molar-refractivity contribution is 9.10. The molecule has 0 bridgehead atoms. The first kappa shape index (κ1) is 20.1. The quantitative estimate of drug-likeness (QED) is 0.235. The highest BCUT2D eigenvalue weighted by Crippen LogP contribution is 2.29. The normalized spacial score (nSPS) is 17.1. The highest BCUT2D eigenvalue weighted by atomic mass is 79.9. The molecule has 3 rings (SSSR count). The van der Waals surface area contributed by atoms with Crippen LogP contribution < -0.4 is 10.2 Å². The maximum atomic E-state index is 12.8. The van der Waals surface area contributed by atoms with Gasteiger partial charge in [0.1, 0.15) is 5.02 Å². The van der Waals surface area contributed by atoms with Crippen molar-refractivity contribution in [2.24, 2.45) is 10.9 Å². The molecule has 11 heteroatoms. The van der Waals surface area contributed by atoms with Gasteiger partial charge >= 0.3 is 0 Å². The van der Waals surface area contributed by atoms with E-state index < -0.39 is 22.7 Å². The van der Waals surface area contributed by atoms with E-state index in [1.54, 1.807) is 24.3 Å². The fourth-order valence-corrected chi connectivity index (χ4v) is 3.19. The Kier molecular flexibility index (Phi) is 5.82. The highest BCUT2D eigenvalue weighted by Gasteiger charge is 2.38. The number of thiocarbonyl (C=S) groups is 1. The summed E-state index contributed by atoms with van der Waals surface area (Å²) < 4.78 is 0.818. The summed E-state index contributed by atoms with van der Waals surface area (Å²) in [6.07, 6.45) is 1.12. The Balaban J connectivity index is 1.89. The number of aliphatic imine (C=N–C) groups is 1. The molecule has 1 heterocycles. The molecule has 1 aliphatic rings. The van der Waals surface area contributed by atoms with Crippen molar-refractivity contribution in [2.45, 2.75) is 0 Å². The second-order valence-electron chi connectivity index (χ2n) is 5.59. The van der Waals surface area contributed by atoms with E-state index in [2.05, 4.69) is 26.2 Å². The van der Waals surface area contributed by atoms with Crippen LogP contribution in [0.4, 0.5) is 17.1 Å². The first-order valence-electron chi connectivity index (χ1n) is 7.70. The summed E-state index contributed by atoms with van der Waals surface area (Å²) in [5.74, 6) is -2.45. The van der Waals surface area contributed by atoms with Crippen LogP contribution in [0.2, 0.25) is 5.02 Å². The van der Waals surface area contributed by atoms with Crippen LogP contribution in [0.25, 0.3) is 0 Å². The molecule has 0 radical (unpaired) electrons. The molecule has 2 aromatic carbocycles. The zero-order valence-electron chi connectivity index (χ0n) is 13.8. The number of hydrogen-bond donors (Lipinski definition) is 1. The summed E-state index contributed by atoms with van der Waals surface area (Å²) in [6.45, 7) is 0. The molecule has 1 saturated heterocycles. The third kappa shape index (κ3) is 4.08. The fourth-order valence-electron chi connectivity index (χ4n) is 2.44. The minimum Gasteiger partial charge on any atom is -0.301 e. The van der Waals surface area contributed by atoms with Gasteiger partial charge < -0.3 is 5.32 Å². The Bertz CT molecular complexity index is 1030. The summed E-state index contributed by atoms with van der Waals surface area (Å²) in [7, 11) is 0. The monoisotopic (exact) mass is 480 g/mol. The van der Waals surface area contributed by atoms with Gasteiger partial charge in [-0.1, -0.05) is 27.5 Å². The van der Waals surface area contributed by atoms with Gasteiger partial charge in [-0.3, -0.25) is 29.6 Å². The van der Waals surface area contributed by atoms with E-state index >= 15 is 0 Å². The lowest BCUT2D eigenvalue weighted by atomic mass is 10.1. The molecule has 2 aromatic rings. The van der Waals surface area contributed by atoms with Crippen LogP contribution >= 0.6 is 39.7 Å². The van der Waals surface area contributed by atoms with E-state index in [0.717, 1.165) is 16.8 Å². The minimum absolute atomic E-state index is 0.0379. The molecule has 142 valence electrons. The summed E-state index contributed by atoms with van der Waals surface area (Å²) in [4.78, 5) is 40.6. The Morgan fingerprint density at radius 1 is 1.25 bits per heavy atom. The smallest absolute Gasteiger partial charge is 0.290 e. The standard InChI is InChI=1S/C17H10BrClN4O4S/c18-9-1-4-11(5-2-9)22-16(25)12(15(24)21-17(22)28)8-20-10-3-6-13(19)14(7-10)23(26)27/h1-8,12H,(H,21,24,28)/t12-/m0/s1. The minimum atomic E-state index is -1.25. The third-order valence-electron chi connectivity index (χ3n) is 3.79. The molecule has 1 atom stereocenters. The Morgan fingerprint density at radius 3 is 2.57 bits per heavy atom. The van der Waals surface area contributed by atoms with Crippen LogP contribution in [0.15, 0.2) is 51.9 Å². The summed E-state index contributed by atoms with van der Waals surface area (Å²) in [5.41, 5.74) is 0.340. The van der Waals surface area contributed by atoms with Gasteiger partial charge in [0.2, 0.25) is 5.91 Å². The lowest BCUT2D eigenvalue weighted by Crippen LogP contribution is -2.58. The first-order chi connectivity index (χ1) is 13.3. The van der Waals surface area contributed by atoms with Crippen molar-refractivity contribution in [3.05, 3.63) is 62.1 Å². The van der Waals surface area contributed by atoms with Crippen LogP contribution in [0.5, 0.6) is 0 Å². The molecule has 1 N–H and O–H groups in total. The molecular formula is C17H10BrClN4O4S. The van der Waals surface area contributed by atoms with Crippen LogP contribution in [-0.4, -0.2) is 28.1 Å². The van der Waals surface area contributed by atoms with Crippen LogP contribution in [-0.2, 0) is 9.59 Å². The van der Waals surface area contributed by atoms with Crippen LogP contribution in [0.1, 0.15) is 0 Å². The lowest BCUT2D eigenvalue weighted by molar-refractivity contribution is -0.384. The van der Waals surface area contributed by atoms with Gasteiger partial charge in [0.15, 0.2) is 11.0 Å². The van der Waals surface area contributed by atoms with E-state index in [0.29, 0.717) is 5.69 Å². The number of amides is 2. The van der Waals surface area contributed by atoms with Gasteiger partial charge in [-0.2, -0.15) is 0 Å². The number of anilines is 1. The maximum Gasteiger partial charge on any atom is 0.290 e. The molecule has 1 fully saturated rings. The second kappa shape index (κ2) is 8.13. The average molecular weight is 482 g/mol. The van der Waals surface area contributed by atoms with Crippen molar-refractivity contribution in [3.63, 3.8) is 0 Å². The van der Waals surface area contributed by atoms with E-state index in [1.165, 1.54) is 17.0 Å². The summed E-state index contributed by atoms with van der Waals surface area (Å²) >= 11 is 14.2. The van der Waals surface area contributed by atoms with Gasteiger partial charge in [-0.15, -0.1) is 0 Å². The van der Waals surface area contributed by atoms with E-state index in [-0.39, 0.29) is 21.5 Å². The molecule has 0 saturated carbocycles. The third-order valence-corrected chi connectivity index (χ3v) is 4.92. The van der Waals surface area contributed by atoms with E-state index in [9.17, 15) is 19.7 Å². The van der Waals surface area contributed by atoms with Gasteiger partial charge in [0, 0.05) is 16.8 Å². The van der Waals surface area contributed by atoms with Crippen molar-refractivity contribution in [1.82, 2.24) is 5.32 Å². The number of benzene rings is 2. The zero-order valence-corrected chi connectivity index (χ0v) is 17.0. The number of halogens is 2. The number of nitrogens with zero attached hydrogens (tertiary/aromatic N) is 3. The molecule has 2 amide bonds. The number of nitro groups is 1. The predicted molar refractivity (Wildman–Crippen MR) is 112 cm³/mol. The van der Waals surface area contributed by atoms with E-state index in [1.807, 2.05) is 0 Å². The summed E-state index contributed by atoms with van der Waals surface area (Å²) in [6, 6.07) is 10.7.